The van der Waals surface area contributed by atoms with Crippen molar-refractivity contribution in [2.24, 2.45) is 0 Å². The second kappa shape index (κ2) is 6.86. The number of nitrogens with zero attached hydrogens (tertiary/aromatic N) is 1. The highest BCUT2D eigenvalue weighted by Crippen LogP contribution is 2.20. The summed E-state index contributed by atoms with van der Waals surface area (Å²) in [6.45, 7) is -0.0390. The van der Waals surface area contributed by atoms with Gasteiger partial charge >= 0.3 is 0 Å². The molecule has 0 saturated heterocycles. The van der Waals surface area contributed by atoms with Crippen LogP contribution < -0.4 is 10.7 Å². The highest BCUT2D eigenvalue weighted by atomic mass is 79.9. The second-order valence-electron chi connectivity index (χ2n) is 5.14. The van der Waals surface area contributed by atoms with E-state index in [0.717, 1.165) is 4.47 Å². The molecule has 0 bridgehead atoms. The number of hydrogen-bond acceptors (Lipinski definition) is 2. The third kappa shape index (κ3) is 3.57. The number of halogens is 3. The Hall–Kier alpha value is -1.99. The van der Waals surface area contributed by atoms with Crippen LogP contribution in [0.5, 0.6) is 0 Å². The Balaban J connectivity index is 1.89. The number of aromatic nitrogens is 1. The Morgan fingerprint density at radius 1 is 1.08 bits per heavy atom. The van der Waals surface area contributed by atoms with Gasteiger partial charge in [-0.2, -0.15) is 0 Å². The molecule has 0 radical (unpaired) electrons. The van der Waals surface area contributed by atoms with Crippen molar-refractivity contribution in [2.45, 2.75) is 6.54 Å². The Morgan fingerprint density at radius 3 is 2.54 bits per heavy atom. The average Bonchev–Trinajstić information content (AvgIpc) is 2.53. The molecule has 1 amide bonds. The van der Waals surface area contributed by atoms with Crippen molar-refractivity contribution < 1.29 is 9.18 Å². The molecule has 0 atom stereocenters. The Labute approximate surface area is 153 Å². The Kier molecular flexibility index (Phi) is 4.82. The Bertz CT molecular complexity index is 1000. The van der Waals surface area contributed by atoms with E-state index in [1.54, 1.807) is 35.0 Å². The van der Waals surface area contributed by atoms with Crippen LogP contribution in [0.15, 0.2) is 62.4 Å². The predicted molar refractivity (Wildman–Crippen MR) is 98.6 cm³/mol. The molecule has 122 valence electrons. The smallest absolute Gasteiger partial charge is 0.244 e. The Morgan fingerprint density at radius 2 is 1.79 bits per heavy atom. The minimum atomic E-state index is -0.523. The van der Waals surface area contributed by atoms with Crippen molar-refractivity contribution in [3.63, 3.8) is 0 Å². The quantitative estimate of drug-likeness (QED) is 0.642. The summed E-state index contributed by atoms with van der Waals surface area (Å²) in [4.78, 5) is 24.1. The normalized spacial score (nSPS) is 10.8. The molecule has 0 unspecified atom stereocenters. The third-order valence-electron chi connectivity index (χ3n) is 3.46. The molecule has 24 heavy (non-hydrogen) atoms. The zero-order chi connectivity index (χ0) is 17.3. The summed E-state index contributed by atoms with van der Waals surface area (Å²) in [7, 11) is 0. The molecule has 2 aromatic carbocycles. The molecule has 0 spiro atoms. The van der Waals surface area contributed by atoms with Crippen LogP contribution in [0.1, 0.15) is 0 Å². The van der Waals surface area contributed by atoms with Crippen molar-refractivity contribution in [3.8, 4) is 0 Å². The van der Waals surface area contributed by atoms with Crippen LogP contribution in [0.2, 0.25) is 0 Å². The van der Waals surface area contributed by atoms with Crippen molar-refractivity contribution in [3.05, 3.63) is 73.6 Å². The monoisotopic (exact) mass is 452 g/mol. The van der Waals surface area contributed by atoms with Gasteiger partial charge < -0.3 is 9.88 Å². The third-order valence-corrected chi connectivity index (χ3v) is 4.45. The van der Waals surface area contributed by atoms with E-state index in [2.05, 4.69) is 37.2 Å². The van der Waals surface area contributed by atoms with E-state index < -0.39 is 5.82 Å². The first-order chi connectivity index (χ1) is 11.4. The lowest BCUT2D eigenvalue weighted by Gasteiger charge is -2.12. The first-order valence-corrected chi connectivity index (χ1v) is 8.56. The summed E-state index contributed by atoms with van der Waals surface area (Å²) in [5.74, 6) is -0.911. The maximum Gasteiger partial charge on any atom is 0.244 e. The lowest BCUT2D eigenvalue weighted by atomic mass is 10.2. The number of carbonyl (C=O) groups is 1. The summed E-state index contributed by atoms with van der Waals surface area (Å²) in [6.07, 6.45) is 1.55. The molecule has 0 aliphatic carbocycles. The number of anilines is 1. The van der Waals surface area contributed by atoms with Crippen LogP contribution in [-0.4, -0.2) is 10.5 Å². The average molecular weight is 454 g/mol. The van der Waals surface area contributed by atoms with E-state index in [1.807, 2.05) is 0 Å². The molecule has 3 rings (SSSR count). The molecule has 0 aliphatic heterocycles. The standard InChI is InChI=1S/C17H11Br2FN2O2/c18-10-2-4-14(13(20)7-10)21-17(24)9-22-6-5-16(23)12-3-1-11(19)8-15(12)22/h1-8H,9H2,(H,21,24). The number of fused-ring (bicyclic) bond motifs is 1. The fourth-order valence-corrected chi connectivity index (χ4v) is 3.03. The fraction of sp³-hybridized carbons (Fsp3) is 0.0588. The molecule has 4 nitrogen and oxygen atoms in total. The van der Waals surface area contributed by atoms with Gasteiger partial charge in [0.05, 0.1) is 11.2 Å². The highest BCUT2D eigenvalue weighted by Gasteiger charge is 2.10. The summed E-state index contributed by atoms with van der Waals surface area (Å²) in [5.41, 5.74) is 0.617. The molecule has 7 heteroatoms. The molecular weight excluding hydrogens is 443 g/mol. The van der Waals surface area contributed by atoms with Gasteiger partial charge in [0.1, 0.15) is 12.4 Å². The van der Waals surface area contributed by atoms with Crippen molar-refractivity contribution in [2.75, 3.05) is 5.32 Å². The molecular formula is C17H11Br2FN2O2. The fourth-order valence-electron chi connectivity index (χ4n) is 2.35. The van der Waals surface area contributed by atoms with Crippen LogP contribution in [0.25, 0.3) is 10.9 Å². The number of amides is 1. The molecule has 0 aliphatic rings. The van der Waals surface area contributed by atoms with Gasteiger partial charge in [-0.1, -0.05) is 31.9 Å². The van der Waals surface area contributed by atoms with Gasteiger partial charge in [0.25, 0.3) is 0 Å². The van der Waals surface area contributed by atoms with Gasteiger partial charge in [-0.25, -0.2) is 4.39 Å². The van der Waals surface area contributed by atoms with Gasteiger partial charge in [0, 0.05) is 26.6 Å². The molecule has 1 heterocycles. The van der Waals surface area contributed by atoms with E-state index in [1.165, 1.54) is 18.2 Å². The number of hydrogen-bond donors (Lipinski definition) is 1. The van der Waals surface area contributed by atoms with Gasteiger partial charge in [-0.3, -0.25) is 9.59 Å². The van der Waals surface area contributed by atoms with E-state index in [0.29, 0.717) is 15.4 Å². The maximum absolute atomic E-state index is 13.8. The van der Waals surface area contributed by atoms with Crippen molar-refractivity contribution in [1.82, 2.24) is 4.57 Å². The largest absolute Gasteiger partial charge is 0.338 e. The predicted octanol–water partition coefficient (Wildman–Crippen LogP) is 4.30. The summed E-state index contributed by atoms with van der Waals surface area (Å²) < 4.78 is 16.8. The van der Waals surface area contributed by atoms with Crippen molar-refractivity contribution in [1.29, 1.82) is 0 Å². The number of carbonyl (C=O) groups excluding carboxylic acids is 1. The summed E-state index contributed by atoms with van der Waals surface area (Å²) in [6, 6.07) is 11.0. The number of nitrogens with one attached hydrogen (secondary N) is 1. The lowest BCUT2D eigenvalue weighted by Crippen LogP contribution is -2.21. The van der Waals surface area contributed by atoms with Crippen LogP contribution in [-0.2, 0) is 11.3 Å². The van der Waals surface area contributed by atoms with Crippen LogP contribution >= 0.6 is 31.9 Å². The maximum atomic E-state index is 13.8. The SMILES string of the molecule is O=C(Cn1ccc(=O)c2ccc(Br)cc21)Nc1ccc(Br)cc1F. The highest BCUT2D eigenvalue weighted by molar-refractivity contribution is 9.10. The van der Waals surface area contributed by atoms with E-state index in [4.69, 9.17) is 0 Å². The van der Waals surface area contributed by atoms with Crippen LogP contribution in [0, 0.1) is 5.82 Å². The number of rotatable bonds is 3. The summed E-state index contributed by atoms with van der Waals surface area (Å²) in [5, 5.41) is 3.05. The van der Waals surface area contributed by atoms with Gasteiger partial charge in [0.15, 0.2) is 5.43 Å². The topological polar surface area (TPSA) is 51.1 Å². The van der Waals surface area contributed by atoms with Gasteiger partial charge in [0.2, 0.25) is 5.91 Å². The van der Waals surface area contributed by atoms with E-state index in [9.17, 15) is 14.0 Å². The van der Waals surface area contributed by atoms with Crippen LogP contribution in [0.3, 0.4) is 0 Å². The van der Waals surface area contributed by atoms with E-state index in [-0.39, 0.29) is 23.6 Å². The minimum Gasteiger partial charge on any atom is -0.338 e. The minimum absolute atomic E-state index is 0.0390. The molecule has 1 N–H and O–H groups in total. The number of pyridine rings is 1. The first-order valence-electron chi connectivity index (χ1n) is 6.97. The molecule has 0 saturated carbocycles. The summed E-state index contributed by atoms with van der Waals surface area (Å²) >= 11 is 6.52. The van der Waals surface area contributed by atoms with E-state index >= 15 is 0 Å². The molecule has 0 fully saturated rings. The van der Waals surface area contributed by atoms with Gasteiger partial charge in [-0.15, -0.1) is 0 Å². The lowest BCUT2D eigenvalue weighted by molar-refractivity contribution is -0.116. The van der Waals surface area contributed by atoms with Crippen LogP contribution in [0.4, 0.5) is 10.1 Å². The first kappa shape index (κ1) is 16.9. The van der Waals surface area contributed by atoms with Crippen molar-refractivity contribution >= 4 is 54.4 Å². The molecule has 1 aromatic heterocycles. The zero-order valence-corrected chi connectivity index (χ0v) is 15.4. The second-order valence-corrected chi connectivity index (χ2v) is 6.97. The molecule has 3 aromatic rings. The number of benzene rings is 2. The van der Waals surface area contributed by atoms with Gasteiger partial charge in [-0.05, 0) is 36.4 Å². The zero-order valence-electron chi connectivity index (χ0n) is 12.2.